The zero-order valence-electron chi connectivity index (χ0n) is 11.3. The summed E-state index contributed by atoms with van der Waals surface area (Å²) in [5, 5.41) is 11.6. The number of aryl methyl sites for hydroxylation is 1. The number of anilines is 1. The molecule has 0 bridgehead atoms. The van der Waals surface area contributed by atoms with E-state index < -0.39 is 10.0 Å². The van der Waals surface area contributed by atoms with Crippen molar-refractivity contribution in [3.8, 4) is 0 Å². The van der Waals surface area contributed by atoms with Crippen LogP contribution in [0.5, 0.6) is 0 Å². The van der Waals surface area contributed by atoms with E-state index in [0.29, 0.717) is 5.13 Å². The lowest BCUT2D eigenvalue weighted by molar-refractivity contribution is 0.600. The molecule has 0 radical (unpaired) electrons. The van der Waals surface area contributed by atoms with Crippen LogP contribution < -0.4 is 10.0 Å². The minimum atomic E-state index is -3.46. The second-order valence-electron chi connectivity index (χ2n) is 4.33. The molecule has 0 atom stereocenters. The van der Waals surface area contributed by atoms with E-state index in [9.17, 15) is 8.42 Å². The molecule has 1 aromatic carbocycles. The Morgan fingerprint density at radius 3 is 2.35 bits per heavy atom. The van der Waals surface area contributed by atoms with E-state index in [1.165, 1.54) is 11.3 Å². The van der Waals surface area contributed by atoms with Gasteiger partial charge in [0, 0.05) is 6.54 Å². The van der Waals surface area contributed by atoms with E-state index in [1.807, 2.05) is 31.3 Å². The maximum Gasteiger partial charge on any atom is 0.238 e. The standard InChI is InChI=1S/C12H16N4O2S2/c1-9-14-15-12(19-9)16-20(17,18)8-11-5-3-10(4-6-11)7-13-2/h3-6,13H,7-8H2,1-2H3,(H,15,16). The summed E-state index contributed by atoms with van der Waals surface area (Å²) in [4.78, 5) is 0. The van der Waals surface area contributed by atoms with Crippen LogP contribution in [0.25, 0.3) is 0 Å². The first kappa shape index (κ1) is 14.9. The Balaban J connectivity index is 2.04. The second-order valence-corrected chi connectivity index (χ2v) is 7.24. The van der Waals surface area contributed by atoms with Crippen LogP contribution >= 0.6 is 11.3 Å². The first-order valence-corrected chi connectivity index (χ1v) is 8.48. The van der Waals surface area contributed by atoms with Gasteiger partial charge in [0.1, 0.15) is 5.01 Å². The number of benzene rings is 1. The molecule has 0 saturated heterocycles. The molecular formula is C12H16N4O2S2. The molecule has 0 unspecified atom stereocenters. The Bertz CT molecular complexity index is 665. The average Bonchev–Trinajstić information content (AvgIpc) is 2.76. The fourth-order valence-electron chi connectivity index (χ4n) is 1.68. The number of sulfonamides is 1. The number of nitrogens with one attached hydrogen (secondary N) is 2. The molecule has 2 aromatic rings. The summed E-state index contributed by atoms with van der Waals surface area (Å²) in [7, 11) is -1.59. The monoisotopic (exact) mass is 312 g/mol. The van der Waals surface area contributed by atoms with Gasteiger partial charge in [-0.1, -0.05) is 35.6 Å². The van der Waals surface area contributed by atoms with E-state index in [0.717, 1.165) is 22.7 Å². The van der Waals surface area contributed by atoms with Gasteiger partial charge < -0.3 is 5.32 Å². The van der Waals surface area contributed by atoms with Crippen LogP contribution in [0.3, 0.4) is 0 Å². The smallest absolute Gasteiger partial charge is 0.238 e. The first-order chi connectivity index (χ1) is 9.48. The highest BCUT2D eigenvalue weighted by atomic mass is 32.2. The molecule has 1 heterocycles. The molecule has 8 heteroatoms. The number of rotatable bonds is 6. The molecule has 0 aliphatic heterocycles. The summed E-state index contributed by atoms with van der Waals surface area (Å²) in [6.07, 6.45) is 0. The molecule has 0 aliphatic rings. The predicted molar refractivity (Wildman–Crippen MR) is 80.1 cm³/mol. The van der Waals surface area contributed by atoms with Crippen LogP contribution in [-0.4, -0.2) is 25.7 Å². The van der Waals surface area contributed by atoms with E-state index in [-0.39, 0.29) is 5.75 Å². The summed E-state index contributed by atoms with van der Waals surface area (Å²) in [5.74, 6) is -0.0779. The Morgan fingerprint density at radius 2 is 1.80 bits per heavy atom. The lowest BCUT2D eigenvalue weighted by atomic mass is 10.1. The summed E-state index contributed by atoms with van der Waals surface area (Å²) in [5.41, 5.74) is 1.85. The van der Waals surface area contributed by atoms with Gasteiger partial charge in [-0.2, -0.15) is 0 Å². The minimum Gasteiger partial charge on any atom is -0.316 e. The number of hydrogen-bond acceptors (Lipinski definition) is 6. The van der Waals surface area contributed by atoms with Gasteiger partial charge in [-0.15, -0.1) is 10.2 Å². The van der Waals surface area contributed by atoms with Crippen molar-refractivity contribution in [2.75, 3.05) is 11.8 Å². The summed E-state index contributed by atoms with van der Waals surface area (Å²) in [6.45, 7) is 2.53. The van der Waals surface area contributed by atoms with Gasteiger partial charge in [-0.3, -0.25) is 4.72 Å². The van der Waals surface area contributed by atoms with Gasteiger partial charge in [0.15, 0.2) is 0 Å². The van der Waals surface area contributed by atoms with Crippen molar-refractivity contribution >= 4 is 26.5 Å². The summed E-state index contributed by atoms with van der Waals surface area (Å²) < 4.78 is 26.4. The zero-order chi connectivity index (χ0) is 14.6. The molecule has 108 valence electrons. The van der Waals surface area contributed by atoms with E-state index in [4.69, 9.17) is 0 Å². The maximum atomic E-state index is 12.0. The Kier molecular flexibility index (Phi) is 4.69. The number of hydrogen-bond donors (Lipinski definition) is 2. The molecule has 0 saturated carbocycles. The second kappa shape index (κ2) is 6.29. The molecule has 0 fully saturated rings. The first-order valence-electron chi connectivity index (χ1n) is 6.01. The van der Waals surface area contributed by atoms with Gasteiger partial charge in [0.2, 0.25) is 15.2 Å². The van der Waals surface area contributed by atoms with Crippen LogP contribution in [0, 0.1) is 6.92 Å². The normalized spacial score (nSPS) is 11.5. The molecule has 0 aliphatic carbocycles. The van der Waals surface area contributed by atoms with Crippen molar-refractivity contribution in [2.24, 2.45) is 0 Å². The molecule has 2 rings (SSSR count). The fraction of sp³-hybridized carbons (Fsp3) is 0.333. The van der Waals surface area contributed by atoms with Gasteiger partial charge in [-0.05, 0) is 25.1 Å². The van der Waals surface area contributed by atoms with Crippen LogP contribution in [0.15, 0.2) is 24.3 Å². The Labute approximate surface area is 122 Å². The van der Waals surface area contributed by atoms with Crippen molar-refractivity contribution in [1.82, 2.24) is 15.5 Å². The average molecular weight is 312 g/mol. The highest BCUT2D eigenvalue weighted by Gasteiger charge is 2.14. The highest BCUT2D eigenvalue weighted by molar-refractivity contribution is 7.92. The van der Waals surface area contributed by atoms with E-state index >= 15 is 0 Å². The summed E-state index contributed by atoms with van der Waals surface area (Å²) in [6, 6.07) is 7.46. The van der Waals surface area contributed by atoms with E-state index in [1.54, 1.807) is 6.92 Å². The zero-order valence-corrected chi connectivity index (χ0v) is 12.9. The van der Waals surface area contributed by atoms with Crippen molar-refractivity contribution < 1.29 is 8.42 Å². The Hall–Kier alpha value is -1.51. The predicted octanol–water partition coefficient (Wildman–Crippen LogP) is 1.51. The van der Waals surface area contributed by atoms with Gasteiger partial charge >= 0.3 is 0 Å². The molecule has 2 N–H and O–H groups in total. The van der Waals surface area contributed by atoms with Crippen molar-refractivity contribution in [3.05, 3.63) is 40.4 Å². The summed E-state index contributed by atoms with van der Waals surface area (Å²) >= 11 is 1.21. The molecule has 0 amide bonds. The van der Waals surface area contributed by atoms with Crippen molar-refractivity contribution in [1.29, 1.82) is 0 Å². The van der Waals surface area contributed by atoms with Crippen LogP contribution in [0.2, 0.25) is 0 Å². The SMILES string of the molecule is CNCc1ccc(CS(=O)(=O)Nc2nnc(C)s2)cc1. The van der Waals surface area contributed by atoms with E-state index in [2.05, 4.69) is 20.2 Å². The highest BCUT2D eigenvalue weighted by Crippen LogP contribution is 2.17. The van der Waals surface area contributed by atoms with Gasteiger partial charge in [0.25, 0.3) is 0 Å². The van der Waals surface area contributed by atoms with Crippen LogP contribution in [-0.2, 0) is 22.3 Å². The molecule has 6 nitrogen and oxygen atoms in total. The lowest BCUT2D eigenvalue weighted by Crippen LogP contribution is -2.15. The quantitative estimate of drug-likeness (QED) is 0.844. The van der Waals surface area contributed by atoms with Crippen molar-refractivity contribution in [3.63, 3.8) is 0 Å². The fourth-order valence-corrected chi connectivity index (χ4v) is 3.68. The molecular weight excluding hydrogens is 296 g/mol. The third kappa shape index (κ3) is 4.26. The molecule has 0 spiro atoms. The third-order valence-corrected chi connectivity index (χ3v) is 4.63. The van der Waals surface area contributed by atoms with Crippen molar-refractivity contribution in [2.45, 2.75) is 19.2 Å². The number of aromatic nitrogens is 2. The third-order valence-electron chi connectivity index (χ3n) is 2.53. The minimum absolute atomic E-state index is 0.0779. The topological polar surface area (TPSA) is 84.0 Å². The number of nitrogens with zero attached hydrogens (tertiary/aromatic N) is 2. The molecule has 1 aromatic heterocycles. The molecule has 20 heavy (non-hydrogen) atoms. The van der Waals surface area contributed by atoms with Gasteiger partial charge in [-0.25, -0.2) is 8.42 Å². The van der Waals surface area contributed by atoms with Crippen LogP contribution in [0.4, 0.5) is 5.13 Å². The largest absolute Gasteiger partial charge is 0.316 e. The lowest BCUT2D eigenvalue weighted by Gasteiger charge is -2.06. The Morgan fingerprint density at radius 1 is 1.15 bits per heavy atom. The maximum absolute atomic E-state index is 12.0. The van der Waals surface area contributed by atoms with Gasteiger partial charge in [0.05, 0.1) is 5.75 Å². The van der Waals surface area contributed by atoms with Crippen LogP contribution in [0.1, 0.15) is 16.1 Å².